The third-order valence-electron chi connectivity index (χ3n) is 3.63. The fourth-order valence-corrected chi connectivity index (χ4v) is 2.79. The standard InChI is InChI=1S/C16H22BrN3O3/c1-12-3-2-8-20(9-12)10-15(21)18-19-16(22)11-23-14-6-4-13(17)5-7-14/h4-7,12H,2-3,8-11H2,1H3,(H,18,21)(H,19,22)/t12-/m1/s1. The second-order valence-corrected chi connectivity index (χ2v) is 6.74. The summed E-state index contributed by atoms with van der Waals surface area (Å²) < 4.78 is 6.26. The lowest BCUT2D eigenvalue weighted by Crippen LogP contribution is -2.49. The molecule has 0 spiro atoms. The number of hydrazine groups is 1. The second kappa shape index (κ2) is 8.88. The second-order valence-electron chi connectivity index (χ2n) is 5.82. The number of hydrogen-bond donors (Lipinski definition) is 2. The van der Waals surface area contributed by atoms with Crippen LogP contribution in [-0.4, -0.2) is 43.0 Å². The quantitative estimate of drug-likeness (QED) is 0.759. The van der Waals surface area contributed by atoms with Crippen molar-refractivity contribution in [1.29, 1.82) is 0 Å². The van der Waals surface area contributed by atoms with Crippen LogP contribution in [0.3, 0.4) is 0 Å². The molecule has 126 valence electrons. The molecule has 0 unspecified atom stereocenters. The molecule has 1 atom stereocenters. The number of carbonyl (C=O) groups is 2. The summed E-state index contributed by atoms with van der Waals surface area (Å²) in [6.07, 6.45) is 2.32. The van der Waals surface area contributed by atoms with Crippen LogP contribution in [0.15, 0.2) is 28.7 Å². The number of amides is 2. The first-order valence-electron chi connectivity index (χ1n) is 7.71. The van der Waals surface area contributed by atoms with Crippen LogP contribution in [0.4, 0.5) is 0 Å². The van der Waals surface area contributed by atoms with Gasteiger partial charge in [0.25, 0.3) is 11.8 Å². The minimum absolute atomic E-state index is 0.150. The van der Waals surface area contributed by atoms with Crippen LogP contribution in [-0.2, 0) is 9.59 Å². The molecular weight excluding hydrogens is 362 g/mol. The molecule has 1 aromatic carbocycles. The van der Waals surface area contributed by atoms with E-state index in [0.717, 1.165) is 24.0 Å². The van der Waals surface area contributed by atoms with Gasteiger partial charge in [-0.25, -0.2) is 0 Å². The first kappa shape index (κ1) is 17.7. The number of hydrogen-bond acceptors (Lipinski definition) is 4. The molecule has 0 radical (unpaired) electrons. The monoisotopic (exact) mass is 383 g/mol. The van der Waals surface area contributed by atoms with E-state index in [-0.39, 0.29) is 12.5 Å². The molecule has 2 N–H and O–H groups in total. The Hall–Kier alpha value is -1.60. The third-order valence-corrected chi connectivity index (χ3v) is 4.16. The van der Waals surface area contributed by atoms with Crippen LogP contribution < -0.4 is 15.6 Å². The highest BCUT2D eigenvalue weighted by Crippen LogP contribution is 2.16. The van der Waals surface area contributed by atoms with Gasteiger partial charge in [0.15, 0.2) is 6.61 Å². The molecule has 0 saturated carbocycles. The largest absolute Gasteiger partial charge is 0.484 e. The Morgan fingerprint density at radius 3 is 2.65 bits per heavy atom. The Bertz CT molecular complexity index is 536. The van der Waals surface area contributed by atoms with Gasteiger partial charge in [0, 0.05) is 11.0 Å². The van der Waals surface area contributed by atoms with Gasteiger partial charge in [-0.1, -0.05) is 22.9 Å². The van der Waals surface area contributed by atoms with E-state index >= 15 is 0 Å². The van der Waals surface area contributed by atoms with E-state index in [4.69, 9.17) is 4.74 Å². The van der Waals surface area contributed by atoms with E-state index in [2.05, 4.69) is 38.6 Å². The van der Waals surface area contributed by atoms with E-state index in [1.54, 1.807) is 12.1 Å². The summed E-state index contributed by atoms with van der Waals surface area (Å²) in [5, 5.41) is 0. The molecule has 1 saturated heterocycles. The number of rotatable bonds is 5. The fourth-order valence-electron chi connectivity index (χ4n) is 2.53. The Morgan fingerprint density at radius 1 is 1.26 bits per heavy atom. The van der Waals surface area contributed by atoms with Crippen molar-refractivity contribution in [1.82, 2.24) is 15.8 Å². The van der Waals surface area contributed by atoms with Crippen molar-refractivity contribution in [3.63, 3.8) is 0 Å². The molecule has 1 aliphatic heterocycles. The van der Waals surface area contributed by atoms with E-state index in [0.29, 0.717) is 18.2 Å². The molecule has 2 amide bonds. The summed E-state index contributed by atoms with van der Waals surface area (Å²) >= 11 is 3.32. The molecular formula is C16H22BrN3O3. The minimum Gasteiger partial charge on any atom is -0.484 e. The molecule has 0 aromatic heterocycles. The van der Waals surface area contributed by atoms with Gasteiger partial charge in [0.1, 0.15) is 5.75 Å². The number of nitrogens with zero attached hydrogens (tertiary/aromatic N) is 1. The summed E-state index contributed by atoms with van der Waals surface area (Å²) in [6, 6.07) is 7.17. The van der Waals surface area contributed by atoms with Crippen LogP contribution in [0.1, 0.15) is 19.8 Å². The third kappa shape index (κ3) is 6.58. The maximum Gasteiger partial charge on any atom is 0.276 e. The lowest BCUT2D eigenvalue weighted by atomic mass is 10.0. The fraction of sp³-hybridized carbons (Fsp3) is 0.500. The summed E-state index contributed by atoms with van der Waals surface area (Å²) in [5.74, 6) is 0.604. The topological polar surface area (TPSA) is 70.7 Å². The van der Waals surface area contributed by atoms with Crippen LogP contribution in [0.2, 0.25) is 0 Å². The van der Waals surface area contributed by atoms with Gasteiger partial charge in [0.2, 0.25) is 0 Å². The molecule has 2 rings (SSSR count). The molecule has 0 bridgehead atoms. The smallest absolute Gasteiger partial charge is 0.276 e. The predicted molar refractivity (Wildman–Crippen MR) is 90.8 cm³/mol. The Morgan fingerprint density at radius 2 is 1.96 bits per heavy atom. The highest BCUT2D eigenvalue weighted by atomic mass is 79.9. The lowest BCUT2D eigenvalue weighted by Gasteiger charge is -2.30. The highest BCUT2D eigenvalue weighted by Gasteiger charge is 2.18. The number of piperidine rings is 1. The van der Waals surface area contributed by atoms with E-state index in [9.17, 15) is 9.59 Å². The molecule has 1 heterocycles. The minimum atomic E-state index is -0.395. The van der Waals surface area contributed by atoms with Crippen molar-refractivity contribution in [3.05, 3.63) is 28.7 Å². The molecule has 1 aromatic rings. The van der Waals surface area contributed by atoms with E-state index in [1.807, 2.05) is 12.1 Å². The predicted octanol–water partition coefficient (Wildman–Crippen LogP) is 1.71. The average molecular weight is 384 g/mol. The summed E-state index contributed by atoms with van der Waals surface area (Å²) in [5.41, 5.74) is 4.79. The zero-order valence-electron chi connectivity index (χ0n) is 13.2. The van der Waals surface area contributed by atoms with Crippen molar-refractivity contribution >= 4 is 27.7 Å². The van der Waals surface area contributed by atoms with Crippen LogP contribution in [0.5, 0.6) is 5.75 Å². The zero-order chi connectivity index (χ0) is 16.7. The molecule has 7 heteroatoms. The molecule has 0 aliphatic carbocycles. The lowest BCUT2D eigenvalue weighted by molar-refractivity contribution is -0.130. The van der Waals surface area contributed by atoms with Crippen molar-refractivity contribution in [3.8, 4) is 5.75 Å². The van der Waals surface area contributed by atoms with E-state index < -0.39 is 5.91 Å². The highest BCUT2D eigenvalue weighted by molar-refractivity contribution is 9.10. The van der Waals surface area contributed by atoms with Crippen molar-refractivity contribution < 1.29 is 14.3 Å². The summed E-state index contributed by atoms with van der Waals surface area (Å²) in [7, 11) is 0. The maximum absolute atomic E-state index is 11.8. The first-order chi connectivity index (χ1) is 11.0. The number of nitrogens with one attached hydrogen (secondary N) is 2. The normalized spacial score (nSPS) is 18.3. The summed E-state index contributed by atoms with van der Waals surface area (Å²) in [6.45, 7) is 4.19. The molecule has 1 fully saturated rings. The van der Waals surface area contributed by atoms with Gasteiger partial charge < -0.3 is 4.74 Å². The Balaban J connectivity index is 1.63. The SMILES string of the molecule is C[C@@H]1CCCN(CC(=O)NNC(=O)COc2ccc(Br)cc2)C1. The van der Waals surface area contributed by atoms with Gasteiger partial charge in [-0.15, -0.1) is 0 Å². The number of likely N-dealkylation sites (tertiary alicyclic amines) is 1. The van der Waals surface area contributed by atoms with Crippen LogP contribution in [0.25, 0.3) is 0 Å². The first-order valence-corrected chi connectivity index (χ1v) is 8.50. The average Bonchev–Trinajstić information content (AvgIpc) is 2.52. The van der Waals surface area contributed by atoms with Crippen molar-refractivity contribution in [2.45, 2.75) is 19.8 Å². The molecule has 1 aliphatic rings. The van der Waals surface area contributed by atoms with Gasteiger partial charge in [-0.2, -0.15) is 0 Å². The number of ether oxygens (including phenoxy) is 1. The summed E-state index contributed by atoms with van der Waals surface area (Å²) in [4.78, 5) is 25.6. The Labute approximate surface area is 144 Å². The van der Waals surface area contributed by atoms with E-state index in [1.165, 1.54) is 6.42 Å². The zero-order valence-corrected chi connectivity index (χ0v) is 14.8. The number of halogens is 1. The van der Waals surface area contributed by atoms with Crippen molar-refractivity contribution in [2.75, 3.05) is 26.2 Å². The van der Waals surface area contributed by atoms with Gasteiger partial charge in [0.05, 0.1) is 6.54 Å². The maximum atomic E-state index is 11.8. The molecule has 23 heavy (non-hydrogen) atoms. The number of carbonyl (C=O) groups excluding carboxylic acids is 2. The van der Waals surface area contributed by atoms with Crippen LogP contribution in [0, 0.1) is 5.92 Å². The molecule has 6 nitrogen and oxygen atoms in total. The Kier molecular flexibility index (Phi) is 6.85. The van der Waals surface area contributed by atoms with Gasteiger partial charge in [-0.3, -0.25) is 25.3 Å². The van der Waals surface area contributed by atoms with Gasteiger partial charge in [-0.05, 0) is 49.6 Å². The van der Waals surface area contributed by atoms with Crippen LogP contribution >= 0.6 is 15.9 Å². The number of benzene rings is 1. The van der Waals surface area contributed by atoms with Crippen molar-refractivity contribution in [2.24, 2.45) is 5.92 Å². The van der Waals surface area contributed by atoms with Gasteiger partial charge >= 0.3 is 0 Å².